The van der Waals surface area contributed by atoms with Crippen molar-refractivity contribution in [3.63, 3.8) is 0 Å². The molecule has 0 saturated carbocycles. The Balaban J connectivity index is 1.85. The van der Waals surface area contributed by atoms with Crippen molar-refractivity contribution in [2.75, 3.05) is 16.8 Å². The van der Waals surface area contributed by atoms with E-state index in [9.17, 15) is 22.8 Å². The van der Waals surface area contributed by atoms with Gasteiger partial charge in [-0.15, -0.1) is 0 Å². The van der Waals surface area contributed by atoms with E-state index in [1.165, 1.54) is 29.4 Å². The van der Waals surface area contributed by atoms with E-state index < -0.39 is 17.8 Å². The Morgan fingerprint density at radius 1 is 1.28 bits per heavy atom. The van der Waals surface area contributed by atoms with Crippen molar-refractivity contribution in [1.82, 2.24) is 9.97 Å². The number of fused-ring (bicyclic) bond motifs is 1. The number of nitrogens with one attached hydrogen (secondary N) is 1. The highest BCUT2D eigenvalue weighted by Crippen LogP contribution is 2.29. The molecule has 0 fully saturated rings. The van der Waals surface area contributed by atoms with Gasteiger partial charge in [0.15, 0.2) is 0 Å². The van der Waals surface area contributed by atoms with Gasteiger partial charge in [0.2, 0.25) is 11.8 Å². The number of alkyl halides is 3. The Bertz CT molecular complexity index is 823. The van der Waals surface area contributed by atoms with Crippen LogP contribution in [0.2, 0.25) is 0 Å². The summed E-state index contributed by atoms with van der Waals surface area (Å²) in [4.78, 5) is 33.1. The number of amides is 2. The quantitative estimate of drug-likeness (QED) is 0.903. The number of hydrogen-bond donors (Lipinski definition) is 1. The van der Waals surface area contributed by atoms with Crippen LogP contribution in [-0.2, 0) is 22.2 Å². The number of hydrogen-bond acceptors (Lipinski definition) is 4. The monoisotopic (exact) mass is 350 g/mol. The predicted octanol–water partition coefficient (Wildman–Crippen LogP) is 2.41. The molecule has 3 rings (SSSR count). The van der Waals surface area contributed by atoms with E-state index in [1.54, 1.807) is 6.07 Å². The first kappa shape index (κ1) is 16.9. The molecule has 9 heteroatoms. The summed E-state index contributed by atoms with van der Waals surface area (Å²) in [6.07, 6.45) is -1.91. The van der Waals surface area contributed by atoms with Crippen molar-refractivity contribution in [1.29, 1.82) is 0 Å². The summed E-state index contributed by atoms with van der Waals surface area (Å²) in [5.74, 6) is -0.711. The Morgan fingerprint density at radius 3 is 2.84 bits per heavy atom. The van der Waals surface area contributed by atoms with Crippen LogP contribution in [0.5, 0.6) is 0 Å². The van der Waals surface area contributed by atoms with Crippen LogP contribution in [0, 0.1) is 0 Å². The minimum atomic E-state index is -4.57. The number of anilines is 2. The number of nitrogens with zero attached hydrogens (tertiary/aromatic N) is 3. The molecule has 0 atom stereocenters. The normalized spacial score (nSPS) is 14.5. The molecular formula is C16H13F3N4O2. The summed E-state index contributed by atoms with van der Waals surface area (Å²) in [5.41, 5.74) is -0.199. The highest BCUT2D eigenvalue weighted by Gasteiger charge is 2.33. The zero-order valence-electron chi connectivity index (χ0n) is 12.9. The highest BCUT2D eigenvalue weighted by atomic mass is 19.4. The average molecular weight is 350 g/mol. The first-order valence-electron chi connectivity index (χ1n) is 7.42. The van der Waals surface area contributed by atoms with Crippen LogP contribution in [-0.4, -0.2) is 28.3 Å². The van der Waals surface area contributed by atoms with E-state index in [0.717, 1.165) is 6.07 Å². The zero-order valence-corrected chi connectivity index (χ0v) is 12.9. The smallest absolute Gasteiger partial charge is 0.324 e. The predicted molar refractivity (Wildman–Crippen MR) is 82.8 cm³/mol. The van der Waals surface area contributed by atoms with E-state index in [0.29, 0.717) is 11.4 Å². The van der Waals surface area contributed by atoms with Gasteiger partial charge in [-0.2, -0.15) is 13.2 Å². The maximum atomic E-state index is 12.7. The molecule has 1 aliphatic rings. The molecule has 0 saturated heterocycles. The van der Waals surface area contributed by atoms with Crippen molar-refractivity contribution in [2.24, 2.45) is 0 Å². The Kier molecular flexibility index (Phi) is 4.39. The van der Waals surface area contributed by atoms with Gasteiger partial charge >= 0.3 is 6.18 Å². The lowest BCUT2D eigenvalue weighted by Gasteiger charge is -2.21. The fraction of sp³-hybridized carbons (Fsp3) is 0.250. The molecule has 2 aromatic rings. The van der Waals surface area contributed by atoms with Crippen molar-refractivity contribution in [3.8, 4) is 0 Å². The second-order valence-corrected chi connectivity index (χ2v) is 5.43. The number of aromatic nitrogens is 2. The zero-order chi connectivity index (χ0) is 18.0. The maximum Gasteiger partial charge on any atom is 0.433 e. The molecule has 0 unspecified atom stereocenters. The second kappa shape index (κ2) is 6.50. The first-order chi connectivity index (χ1) is 11.8. The molecule has 3 heterocycles. The minimum absolute atomic E-state index is 0.00815. The van der Waals surface area contributed by atoms with Gasteiger partial charge in [0.1, 0.15) is 5.69 Å². The number of pyridine rings is 2. The Hall–Kier alpha value is -2.97. The van der Waals surface area contributed by atoms with Crippen LogP contribution in [0.4, 0.5) is 24.5 Å². The molecule has 0 bridgehead atoms. The molecule has 1 N–H and O–H groups in total. The lowest BCUT2D eigenvalue weighted by molar-refractivity contribution is -0.141. The molecule has 2 aromatic heterocycles. The molecule has 0 aromatic carbocycles. The molecule has 0 radical (unpaired) electrons. The molecule has 1 aliphatic heterocycles. The van der Waals surface area contributed by atoms with E-state index in [2.05, 4.69) is 15.3 Å². The van der Waals surface area contributed by atoms with E-state index in [-0.39, 0.29) is 31.0 Å². The second-order valence-electron chi connectivity index (χ2n) is 5.43. The average Bonchev–Trinajstić information content (AvgIpc) is 2.72. The Morgan fingerprint density at radius 2 is 2.08 bits per heavy atom. The lowest BCUT2D eigenvalue weighted by Crippen LogP contribution is -2.33. The molecule has 6 nitrogen and oxygen atoms in total. The number of halogens is 3. The third-order valence-electron chi connectivity index (χ3n) is 3.66. The topological polar surface area (TPSA) is 75.2 Å². The SMILES string of the molecule is O=C1CCN(C(=O)Cc2cccc(C(F)(F)F)n2)c2cnccc2N1. The summed E-state index contributed by atoms with van der Waals surface area (Å²) < 4.78 is 38.2. The van der Waals surface area contributed by atoms with E-state index in [1.807, 2.05) is 0 Å². The van der Waals surface area contributed by atoms with E-state index in [4.69, 9.17) is 0 Å². The minimum Gasteiger partial charge on any atom is -0.324 e. The van der Waals surface area contributed by atoms with Gasteiger partial charge in [0.05, 0.1) is 29.7 Å². The van der Waals surface area contributed by atoms with Crippen molar-refractivity contribution < 1.29 is 22.8 Å². The van der Waals surface area contributed by atoms with Crippen LogP contribution in [0.3, 0.4) is 0 Å². The Labute approximate surface area is 140 Å². The summed E-state index contributed by atoms with van der Waals surface area (Å²) in [7, 11) is 0. The molecule has 25 heavy (non-hydrogen) atoms. The molecule has 0 spiro atoms. The van der Waals surface area contributed by atoms with E-state index >= 15 is 0 Å². The van der Waals surface area contributed by atoms with Crippen LogP contribution in [0.1, 0.15) is 17.8 Å². The largest absolute Gasteiger partial charge is 0.433 e. The fourth-order valence-corrected chi connectivity index (χ4v) is 2.50. The van der Waals surface area contributed by atoms with Gasteiger partial charge in [-0.05, 0) is 18.2 Å². The van der Waals surface area contributed by atoms with Crippen LogP contribution >= 0.6 is 0 Å². The number of carbonyl (C=O) groups excluding carboxylic acids is 2. The van der Waals surface area contributed by atoms with Gasteiger partial charge in [-0.25, -0.2) is 4.98 Å². The van der Waals surface area contributed by atoms with Crippen LogP contribution in [0.15, 0.2) is 36.7 Å². The molecule has 0 aliphatic carbocycles. The number of rotatable bonds is 2. The van der Waals surface area contributed by atoms with Crippen LogP contribution in [0.25, 0.3) is 0 Å². The van der Waals surface area contributed by atoms with Gasteiger partial charge < -0.3 is 10.2 Å². The third-order valence-corrected chi connectivity index (χ3v) is 3.66. The van der Waals surface area contributed by atoms with Crippen LogP contribution < -0.4 is 10.2 Å². The number of carbonyl (C=O) groups is 2. The van der Waals surface area contributed by atoms with Crippen molar-refractivity contribution >= 4 is 23.2 Å². The van der Waals surface area contributed by atoms with Gasteiger partial charge in [-0.1, -0.05) is 6.07 Å². The standard InChI is InChI=1S/C16H13F3N4O2/c17-16(18,19)13-3-1-2-10(21-13)8-15(25)23-7-5-14(24)22-11-4-6-20-9-12(11)23/h1-4,6,9H,5,7-8H2,(H,22,24). The first-order valence-corrected chi connectivity index (χ1v) is 7.42. The molecule has 2 amide bonds. The third kappa shape index (κ3) is 3.76. The van der Waals surface area contributed by atoms with Crippen molar-refractivity contribution in [2.45, 2.75) is 19.0 Å². The maximum absolute atomic E-state index is 12.7. The lowest BCUT2D eigenvalue weighted by atomic mass is 10.2. The van der Waals surface area contributed by atoms with Gasteiger partial charge in [0, 0.05) is 19.2 Å². The molecule has 130 valence electrons. The summed E-state index contributed by atoms with van der Waals surface area (Å²) in [5, 5.41) is 2.66. The summed E-state index contributed by atoms with van der Waals surface area (Å²) >= 11 is 0. The highest BCUT2D eigenvalue weighted by molar-refractivity contribution is 6.03. The van der Waals surface area contributed by atoms with Crippen molar-refractivity contribution in [3.05, 3.63) is 48.0 Å². The van der Waals surface area contributed by atoms with Gasteiger partial charge in [0.25, 0.3) is 0 Å². The molecular weight excluding hydrogens is 337 g/mol. The summed E-state index contributed by atoms with van der Waals surface area (Å²) in [6, 6.07) is 4.98. The summed E-state index contributed by atoms with van der Waals surface area (Å²) in [6.45, 7) is 0.113. The van der Waals surface area contributed by atoms with Gasteiger partial charge in [-0.3, -0.25) is 14.6 Å². The fourth-order valence-electron chi connectivity index (χ4n) is 2.50.